The fraction of sp³-hybridized carbons (Fsp3) is 0.417. The molecule has 3 aromatic rings. The number of rotatable bonds is 6. The Bertz CT molecular complexity index is 1170. The van der Waals surface area contributed by atoms with Crippen LogP contribution in [0.5, 0.6) is 5.75 Å². The van der Waals surface area contributed by atoms with Crippen LogP contribution in [0.1, 0.15) is 53.2 Å². The molecule has 1 aromatic carbocycles. The number of pyridine rings is 1. The van der Waals surface area contributed by atoms with E-state index in [2.05, 4.69) is 26.3 Å². The number of benzene rings is 1. The van der Waals surface area contributed by atoms with Crippen molar-refractivity contribution in [3.05, 3.63) is 47.3 Å². The highest BCUT2D eigenvalue weighted by Crippen LogP contribution is 2.36. The SMILES string of the molecule is COc1ccc(C2CCOCC2)c2nc(NC(=O)c3ccc(CN4CCCC4=O)cn3)[nH]c12. The fourth-order valence-electron chi connectivity index (χ4n) is 4.57. The third-order valence-corrected chi connectivity index (χ3v) is 6.35. The normalized spacial score (nSPS) is 17.0. The minimum Gasteiger partial charge on any atom is -0.494 e. The summed E-state index contributed by atoms with van der Waals surface area (Å²) in [6.07, 6.45) is 5.02. The first-order valence-electron chi connectivity index (χ1n) is 11.3. The first-order chi connectivity index (χ1) is 16.1. The van der Waals surface area contributed by atoms with Crippen LogP contribution in [0.25, 0.3) is 11.0 Å². The van der Waals surface area contributed by atoms with Crippen molar-refractivity contribution in [2.45, 2.75) is 38.1 Å². The number of imidazole rings is 1. The summed E-state index contributed by atoms with van der Waals surface area (Å²) < 4.78 is 11.0. The maximum atomic E-state index is 12.8. The van der Waals surface area contributed by atoms with Crippen LogP contribution in [-0.4, -0.2) is 58.5 Å². The number of nitrogens with zero attached hydrogens (tertiary/aromatic N) is 3. The van der Waals surface area contributed by atoms with Crippen molar-refractivity contribution in [3.8, 4) is 5.75 Å². The number of hydrogen-bond acceptors (Lipinski definition) is 6. The standard InChI is InChI=1S/C24H27N5O4/c1-32-19-7-5-17(16-8-11-33-12-9-16)21-22(19)27-24(26-21)28-23(31)18-6-4-15(13-25-18)14-29-10-2-3-20(29)30/h4-7,13,16H,2-3,8-12,14H2,1H3,(H2,26,27,28,31). The second-order valence-electron chi connectivity index (χ2n) is 8.48. The molecular weight excluding hydrogens is 422 g/mol. The number of anilines is 1. The zero-order valence-electron chi connectivity index (χ0n) is 18.6. The van der Waals surface area contributed by atoms with Gasteiger partial charge < -0.3 is 19.4 Å². The number of nitrogens with one attached hydrogen (secondary N) is 2. The van der Waals surface area contributed by atoms with Crippen LogP contribution in [0.2, 0.25) is 0 Å². The molecule has 2 saturated heterocycles. The van der Waals surface area contributed by atoms with Crippen molar-refractivity contribution in [1.82, 2.24) is 19.9 Å². The van der Waals surface area contributed by atoms with Gasteiger partial charge >= 0.3 is 0 Å². The number of hydrogen-bond donors (Lipinski definition) is 2. The maximum absolute atomic E-state index is 12.8. The molecule has 33 heavy (non-hydrogen) atoms. The number of fused-ring (bicyclic) bond motifs is 1. The Morgan fingerprint density at radius 1 is 1.27 bits per heavy atom. The predicted octanol–water partition coefficient (Wildman–Crippen LogP) is 3.24. The van der Waals surface area contributed by atoms with E-state index in [-0.39, 0.29) is 17.5 Å². The number of carbonyl (C=O) groups is 2. The number of likely N-dealkylation sites (tertiary alicyclic amines) is 1. The first-order valence-corrected chi connectivity index (χ1v) is 11.3. The van der Waals surface area contributed by atoms with Gasteiger partial charge in [-0.2, -0.15) is 0 Å². The fourth-order valence-corrected chi connectivity index (χ4v) is 4.57. The van der Waals surface area contributed by atoms with E-state index in [1.54, 1.807) is 19.4 Å². The molecule has 0 spiro atoms. The second kappa shape index (κ2) is 9.19. The summed E-state index contributed by atoms with van der Waals surface area (Å²) in [6.45, 7) is 2.76. The number of amides is 2. The van der Waals surface area contributed by atoms with Crippen molar-refractivity contribution in [2.75, 3.05) is 32.2 Å². The van der Waals surface area contributed by atoms with Gasteiger partial charge in [-0.3, -0.25) is 19.9 Å². The third kappa shape index (κ3) is 4.41. The molecule has 2 amide bonds. The number of H-pyrrole nitrogens is 1. The van der Waals surface area contributed by atoms with E-state index in [9.17, 15) is 9.59 Å². The Morgan fingerprint density at radius 3 is 2.82 bits per heavy atom. The van der Waals surface area contributed by atoms with E-state index in [0.717, 1.165) is 61.2 Å². The Hall–Kier alpha value is -3.46. The Morgan fingerprint density at radius 2 is 2.12 bits per heavy atom. The van der Waals surface area contributed by atoms with Gasteiger partial charge in [0, 0.05) is 38.9 Å². The summed E-state index contributed by atoms with van der Waals surface area (Å²) in [5.74, 6) is 1.19. The second-order valence-corrected chi connectivity index (χ2v) is 8.48. The average molecular weight is 450 g/mol. The van der Waals surface area contributed by atoms with Crippen molar-refractivity contribution < 1.29 is 19.1 Å². The van der Waals surface area contributed by atoms with E-state index < -0.39 is 0 Å². The molecule has 0 bridgehead atoms. The summed E-state index contributed by atoms with van der Waals surface area (Å²) in [4.78, 5) is 38.6. The highest BCUT2D eigenvalue weighted by molar-refractivity contribution is 6.03. The topological polar surface area (TPSA) is 109 Å². The highest BCUT2D eigenvalue weighted by Gasteiger charge is 2.23. The molecule has 2 N–H and O–H groups in total. The predicted molar refractivity (Wildman–Crippen MR) is 122 cm³/mol. The van der Waals surface area contributed by atoms with Crippen LogP contribution in [0, 0.1) is 0 Å². The molecule has 9 nitrogen and oxygen atoms in total. The Labute approximate surface area is 191 Å². The lowest BCUT2D eigenvalue weighted by molar-refractivity contribution is -0.128. The molecule has 0 saturated carbocycles. The molecule has 0 atom stereocenters. The molecule has 2 aromatic heterocycles. The number of aromatic nitrogens is 3. The lowest BCUT2D eigenvalue weighted by Crippen LogP contribution is -2.24. The van der Waals surface area contributed by atoms with Crippen molar-refractivity contribution in [3.63, 3.8) is 0 Å². The van der Waals surface area contributed by atoms with Crippen LogP contribution < -0.4 is 10.1 Å². The molecule has 2 aliphatic heterocycles. The van der Waals surface area contributed by atoms with Crippen LogP contribution in [0.4, 0.5) is 5.95 Å². The monoisotopic (exact) mass is 449 g/mol. The van der Waals surface area contributed by atoms with Crippen molar-refractivity contribution in [2.24, 2.45) is 0 Å². The maximum Gasteiger partial charge on any atom is 0.276 e. The van der Waals surface area contributed by atoms with Crippen molar-refractivity contribution >= 4 is 28.8 Å². The molecule has 172 valence electrons. The van der Waals surface area contributed by atoms with E-state index in [1.807, 2.05) is 17.0 Å². The minimum absolute atomic E-state index is 0.164. The summed E-state index contributed by atoms with van der Waals surface area (Å²) in [5.41, 5.74) is 3.87. The van der Waals surface area contributed by atoms with E-state index in [1.165, 1.54) is 0 Å². The Kier molecular flexibility index (Phi) is 5.95. The van der Waals surface area contributed by atoms with Crippen LogP contribution in [0.3, 0.4) is 0 Å². The number of aromatic amines is 1. The lowest BCUT2D eigenvalue weighted by Gasteiger charge is -2.22. The van der Waals surface area contributed by atoms with Gasteiger partial charge in [-0.25, -0.2) is 4.98 Å². The molecule has 2 fully saturated rings. The molecule has 4 heterocycles. The van der Waals surface area contributed by atoms with Gasteiger partial charge in [0.25, 0.3) is 5.91 Å². The molecule has 2 aliphatic rings. The van der Waals surface area contributed by atoms with Gasteiger partial charge in [-0.1, -0.05) is 12.1 Å². The van der Waals surface area contributed by atoms with E-state index in [4.69, 9.17) is 9.47 Å². The highest BCUT2D eigenvalue weighted by atomic mass is 16.5. The summed E-state index contributed by atoms with van der Waals surface area (Å²) >= 11 is 0. The van der Waals surface area contributed by atoms with Gasteiger partial charge in [0.05, 0.1) is 12.6 Å². The lowest BCUT2D eigenvalue weighted by atomic mass is 9.90. The molecule has 5 rings (SSSR count). The average Bonchev–Trinajstić information content (AvgIpc) is 3.45. The summed E-state index contributed by atoms with van der Waals surface area (Å²) in [7, 11) is 1.61. The summed E-state index contributed by atoms with van der Waals surface area (Å²) in [5, 5.41) is 2.82. The minimum atomic E-state index is -0.357. The number of methoxy groups -OCH3 is 1. The molecule has 0 unspecified atom stereocenters. The van der Waals surface area contributed by atoms with Gasteiger partial charge in [-0.15, -0.1) is 0 Å². The molecular formula is C24H27N5O4. The van der Waals surface area contributed by atoms with Gasteiger partial charge in [0.1, 0.15) is 17.0 Å². The van der Waals surface area contributed by atoms with Crippen LogP contribution in [-0.2, 0) is 16.1 Å². The Balaban J connectivity index is 1.34. The molecule has 0 radical (unpaired) electrons. The largest absolute Gasteiger partial charge is 0.494 e. The van der Waals surface area contributed by atoms with E-state index >= 15 is 0 Å². The quantitative estimate of drug-likeness (QED) is 0.598. The number of ether oxygens (including phenoxy) is 2. The molecule has 9 heteroatoms. The van der Waals surface area contributed by atoms with Crippen LogP contribution >= 0.6 is 0 Å². The zero-order chi connectivity index (χ0) is 22.8. The summed E-state index contributed by atoms with van der Waals surface area (Å²) in [6, 6.07) is 7.48. The van der Waals surface area contributed by atoms with Gasteiger partial charge in [0.2, 0.25) is 11.9 Å². The van der Waals surface area contributed by atoms with E-state index in [0.29, 0.717) is 30.6 Å². The molecule has 0 aliphatic carbocycles. The number of carbonyl (C=O) groups excluding carboxylic acids is 2. The van der Waals surface area contributed by atoms with Gasteiger partial charge in [-0.05, 0) is 48.4 Å². The first kappa shape index (κ1) is 21.4. The van der Waals surface area contributed by atoms with Crippen molar-refractivity contribution in [1.29, 1.82) is 0 Å². The smallest absolute Gasteiger partial charge is 0.276 e. The van der Waals surface area contributed by atoms with Gasteiger partial charge in [0.15, 0.2) is 0 Å². The zero-order valence-corrected chi connectivity index (χ0v) is 18.6. The third-order valence-electron chi connectivity index (χ3n) is 6.35. The van der Waals surface area contributed by atoms with Crippen LogP contribution in [0.15, 0.2) is 30.5 Å².